The quantitative estimate of drug-likeness (QED) is 0.622. The van der Waals surface area contributed by atoms with Gasteiger partial charge in [-0.3, -0.25) is 19.4 Å². The average Bonchev–Trinajstić information content (AvgIpc) is 2.37. The second kappa shape index (κ2) is 5.05. The molecule has 0 bridgehead atoms. The highest BCUT2D eigenvalue weighted by Gasteiger charge is 2.11. The van der Waals surface area contributed by atoms with Crippen LogP contribution >= 0.6 is 0 Å². The maximum Gasteiger partial charge on any atom is 0.330 e. The lowest BCUT2D eigenvalue weighted by molar-refractivity contribution is 0.0396. The van der Waals surface area contributed by atoms with Crippen LogP contribution in [-0.2, 0) is 11.8 Å². The van der Waals surface area contributed by atoms with E-state index < -0.39 is 17.1 Å². The normalized spacial score (nSPS) is 16.4. The third kappa shape index (κ3) is 2.43. The van der Waals surface area contributed by atoms with E-state index >= 15 is 0 Å². The molecule has 0 amide bonds. The Labute approximate surface area is 102 Å². The maximum absolute atomic E-state index is 11.5. The topological polar surface area (TPSA) is 99.9 Å². The van der Waals surface area contributed by atoms with Crippen LogP contribution in [0.2, 0.25) is 0 Å². The summed E-state index contributed by atoms with van der Waals surface area (Å²) in [6, 6.07) is 0. The number of nitrogens with one attached hydrogen (secondary N) is 1. The van der Waals surface area contributed by atoms with Gasteiger partial charge in [0.1, 0.15) is 5.56 Å². The number of rotatable bonds is 2. The first kappa shape index (κ1) is 12.4. The molecular weight excluding hydrogens is 240 g/mol. The molecule has 0 spiro atoms. The Morgan fingerprint density at radius 1 is 1.39 bits per heavy atom. The minimum atomic E-state index is -0.666. The third-order valence-electron chi connectivity index (χ3n) is 2.67. The number of aromatic amines is 1. The molecule has 1 fully saturated rings. The fourth-order valence-corrected chi connectivity index (χ4v) is 1.55. The first-order valence-corrected chi connectivity index (χ1v) is 5.48. The van der Waals surface area contributed by atoms with Gasteiger partial charge in [-0.05, 0) is 0 Å². The molecule has 1 aromatic heterocycles. The molecular formula is C10H14N4O4. The van der Waals surface area contributed by atoms with Gasteiger partial charge in [-0.15, -0.1) is 0 Å². The molecule has 0 saturated carbocycles. The van der Waals surface area contributed by atoms with Gasteiger partial charge in [0.05, 0.1) is 32.5 Å². The summed E-state index contributed by atoms with van der Waals surface area (Å²) in [5.41, 5.74) is -1.36. The van der Waals surface area contributed by atoms with E-state index in [2.05, 4.69) is 10.1 Å². The Kier molecular flexibility index (Phi) is 3.47. The summed E-state index contributed by atoms with van der Waals surface area (Å²) in [5, 5.41) is 15.5. The number of aromatic hydroxyl groups is 1. The molecule has 0 atom stereocenters. The Bertz CT molecular complexity index is 568. The molecule has 98 valence electrons. The number of nitrogens with zero attached hydrogens (tertiary/aromatic N) is 3. The molecule has 2 N–H and O–H groups in total. The van der Waals surface area contributed by atoms with Crippen molar-refractivity contribution in [1.29, 1.82) is 0 Å². The highest BCUT2D eigenvalue weighted by molar-refractivity contribution is 5.81. The molecule has 1 saturated heterocycles. The Morgan fingerprint density at radius 2 is 2.06 bits per heavy atom. The van der Waals surface area contributed by atoms with Crippen LogP contribution in [0.3, 0.4) is 0 Å². The number of H-pyrrole nitrogens is 1. The van der Waals surface area contributed by atoms with Gasteiger partial charge < -0.3 is 9.84 Å². The summed E-state index contributed by atoms with van der Waals surface area (Å²) >= 11 is 0. The molecule has 8 heteroatoms. The summed E-state index contributed by atoms with van der Waals surface area (Å²) in [7, 11) is 1.36. The van der Waals surface area contributed by atoms with Crippen LogP contribution < -0.4 is 11.2 Å². The lowest BCUT2D eigenvalue weighted by atomic mass is 10.3. The van der Waals surface area contributed by atoms with Crippen LogP contribution in [0.1, 0.15) is 5.56 Å². The van der Waals surface area contributed by atoms with E-state index in [-0.39, 0.29) is 5.56 Å². The van der Waals surface area contributed by atoms with E-state index in [1.54, 1.807) is 5.01 Å². The van der Waals surface area contributed by atoms with Crippen molar-refractivity contribution >= 4 is 6.21 Å². The van der Waals surface area contributed by atoms with Crippen molar-refractivity contribution in [3.8, 4) is 5.88 Å². The minimum Gasteiger partial charge on any atom is -0.494 e. The number of ether oxygens (including phenoxy) is 1. The van der Waals surface area contributed by atoms with Crippen molar-refractivity contribution < 1.29 is 9.84 Å². The average molecular weight is 254 g/mol. The summed E-state index contributed by atoms with van der Waals surface area (Å²) in [6.45, 7) is 2.40. The van der Waals surface area contributed by atoms with Gasteiger partial charge in [0.15, 0.2) is 0 Å². The molecule has 2 rings (SSSR count). The summed E-state index contributed by atoms with van der Waals surface area (Å²) in [5.74, 6) is -0.402. The highest BCUT2D eigenvalue weighted by atomic mass is 16.5. The summed E-state index contributed by atoms with van der Waals surface area (Å²) in [6.07, 6.45) is 1.25. The number of hydrogen-bond acceptors (Lipinski definition) is 6. The van der Waals surface area contributed by atoms with Crippen molar-refractivity contribution in [3.05, 3.63) is 26.4 Å². The smallest absolute Gasteiger partial charge is 0.330 e. The molecule has 2 heterocycles. The van der Waals surface area contributed by atoms with Crippen molar-refractivity contribution in [1.82, 2.24) is 14.6 Å². The van der Waals surface area contributed by atoms with E-state index in [9.17, 15) is 14.7 Å². The Balaban J connectivity index is 2.28. The molecule has 1 aromatic rings. The standard InChI is InChI=1S/C10H14N4O4/c1-13-9(16)7(8(15)12-10(13)17)6-11-14-2-4-18-5-3-14/h6,16H,2-5H2,1H3,(H,12,15,17)/b11-6+. The van der Waals surface area contributed by atoms with Crippen molar-refractivity contribution in [2.24, 2.45) is 12.1 Å². The monoisotopic (exact) mass is 254 g/mol. The number of aromatic nitrogens is 2. The van der Waals surface area contributed by atoms with Gasteiger partial charge in [-0.25, -0.2) is 4.79 Å². The van der Waals surface area contributed by atoms with Crippen LogP contribution in [0.5, 0.6) is 5.88 Å². The van der Waals surface area contributed by atoms with Crippen LogP contribution in [0.4, 0.5) is 0 Å². The fraction of sp³-hybridized carbons (Fsp3) is 0.500. The molecule has 8 nitrogen and oxygen atoms in total. The molecule has 0 aliphatic carbocycles. The van der Waals surface area contributed by atoms with Crippen LogP contribution in [0, 0.1) is 0 Å². The molecule has 1 aliphatic heterocycles. The van der Waals surface area contributed by atoms with Gasteiger partial charge in [0, 0.05) is 7.05 Å². The first-order chi connectivity index (χ1) is 8.59. The zero-order chi connectivity index (χ0) is 13.1. The Morgan fingerprint density at radius 3 is 2.72 bits per heavy atom. The lowest BCUT2D eigenvalue weighted by Gasteiger charge is -2.23. The fourth-order valence-electron chi connectivity index (χ4n) is 1.55. The number of morpholine rings is 1. The van der Waals surface area contributed by atoms with Gasteiger partial charge in [0.25, 0.3) is 5.56 Å². The van der Waals surface area contributed by atoms with E-state index in [1.165, 1.54) is 13.3 Å². The molecule has 0 unspecified atom stereocenters. The largest absolute Gasteiger partial charge is 0.494 e. The van der Waals surface area contributed by atoms with Crippen molar-refractivity contribution in [2.75, 3.05) is 26.3 Å². The predicted molar refractivity (Wildman–Crippen MR) is 64.0 cm³/mol. The zero-order valence-electron chi connectivity index (χ0n) is 9.92. The number of hydrazone groups is 1. The van der Waals surface area contributed by atoms with E-state index in [4.69, 9.17) is 4.74 Å². The SMILES string of the molecule is Cn1c(O)c(/C=N/N2CCOCC2)c(=O)[nH]c1=O. The first-order valence-electron chi connectivity index (χ1n) is 5.48. The summed E-state index contributed by atoms with van der Waals surface area (Å²) in [4.78, 5) is 24.8. The van der Waals surface area contributed by atoms with Gasteiger partial charge in [-0.2, -0.15) is 5.10 Å². The molecule has 18 heavy (non-hydrogen) atoms. The van der Waals surface area contributed by atoms with Crippen LogP contribution in [0.15, 0.2) is 14.7 Å². The van der Waals surface area contributed by atoms with Crippen molar-refractivity contribution in [2.45, 2.75) is 0 Å². The van der Waals surface area contributed by atoms with Crippen molar-refractivity contribution in [3.63, 3.8) is 0 Å². The van der Waals surface area contributed by atoms with E-state index in [0.717, 1.165) is 4.57 Å². The van der Waals surface area contributed by atoms with E-state index in [1.807, 2.05) is 0 Å². The lowest BCUT2D eigenvalue weighted by Crippen LogP contribution is -2.33. The van der Waals surface area contributed by atoms with Crippen LogP contribution in [-0.4, -0.2) is 52.2 Å². The number of hydrogen-bond donors (Lipinski definition) is 2. The Hall–Kier alpha value is -2.09. The summed E-state index contributed by atoms with van der Waals surface area (Å²) < 4.78 is 6.10. The van der Waals surface area contributed by atoms with Gasteiger partial charge >= 0.3 is 5.69 Å². The van der Waals surface area contributed by atoms with Gasteiger partial charge in [-0.1, -0.05) is 0 Å². The highest BCUT2D eigenvalue weighted by Crippen LogP contribution is 2.06. The molecule has 1 aliphatic rings. The maximum atomic E-state index is 11.5. The minimum absolute atomic E-state index is 0.0383. The van der Waals surface area contributed by atoms with Crippen LogP contribution in [0.25, 0.3) is 0 Å². The second-order valence-electron chi connectivity index (χ2n) is 3.87. The molecule has 0 radical (unpaired) electrons. The third-order valence-corrected chi connectivity index (χ3v) is 2.67. The predicted octanol–water partition coefficient (Wildman–Crippen LogP) is -1.55. The zero-order valence-corrected chi connectivity index (χ0v) is 9.92. The molecule has 0 aromatic carbocycles. The van der Waals surface area contributed by atoms with E-state index in [0.29, 0.717) is 26.3 Å². The second-order valence-corrected chi connectivity index (χ2v) is 3.87. The van der Waals surface area contributed by atoms with Gasteiger partial charge in [0.2, 0.25) is 5.88 Å².